The molecule has 2 fully saturated rings. The zero-order chi connectivity index (χ0) is 25.5. The van der Waals surface area contributed by atoms with Crippen LogP contribution in [0, 0.1) is 0 Å². The number of piperidine rings is 1. The monoisotopic (exact) mass is 492 g/mol. The lowest BCUT2D eigenvalue weighted by Crippen LogP contribution is -2.36. The van der Waals surface area contributed by atoms with Crippen molar-refractivity contribution in [3.05, 3.63) is 35.7 Å². The summed E-state index contributed by atoms with van der Waals surface area (Å²) in [6.45, 7) is 11.2. The molecule has 0 bridgehead atoms. The van der Waals surface area contributed by atoms with Crippen molar-refractivity contribution in [3.8, 4) is 11.3 Å². The van der Waals surface area contributed by atoms with E-state index in [4.69, 9.17) is 9.97 Å². The number of aromatic nitrogens is 3. The van der Waals surface area contributed by atoms with Crippen LogP contribution >= 0.6 is 0 Å². The average Bonchev–Trinajstić information content (AvgIpc) is 2.87. The van der Waals surface area contributed by atoms with Crippen molar-refractivity contribution in [1.29, 1.82) is 0 Å². The Hall–Kier alpha value is -2.51. The summed E-state index contributed by atoms with van der Waals surface area (Å²) >= 11 is 0. The Kier molecular flexibility index (Phi) is 9.32. The molecular weight excluding hydrogens is 448 g/mol. The van der Waals surface area contributed by atoms with E-state index in [1.165, 1.54) is 5.57 Å². The number of aliphatic hydroxyl groups excluding tert-OH is 1. The molecule has 3 heterocycles. The van der Waals surface area contributed by atoms with Gasteiger partial charge in [-0.25, -0.2) is 4.98 Å². The number of hydrogen-bond donors (Lipinski definition) is 3. The molecule has 196 valence electrons. The number of anilines is 2. The third kappa shape index (κ3) is 7.26. The molecule has 1 aliphatic heterocycles. The molecule has 4 rings (SSSR count). The van der Waals surface area contributed by atoms with Crippen LogP contribution in [0.5, 0.6) is 0 Å². The van der Waals surface area contributed by atoms with Crippen molar-refractivity contribution in [1.82, 2.24) is 19.9 Å². The lowest BCUT2D eigenvalue weighted by atomic mass is 9.93. The molecular formula is C29H44N6O. The van der Waals surface area contributed by atoms with Gasteiger partial charge in [0.15, 0.2) is 0 Å². The Labute approximate surface area is 216 Å². The molecule has 1 atom stereocenters. The third-order valence-electron chi connectivity index (χ3n) is 7.53. The second-order valence-corrected chi connectivity index (χ2v) is 10.8. The standard InChI is InChI=1S/C29H44N6O/c1-5-6-21(4)32-29-31-19-26(28(34-29)33-24-8-10-25(36)11-9-24)27-12-7-23(18-30-27)17-22-13-15-35(16-14-22)20(2)3/h7,12,17-21,24-25,36H,5-6,8-11,13-16H2,1-4H3,(H2,31,32,33,34)/t21-,24?,25?/m0/s1. The van der Waals surface area contributed by atoms with Crippen LogP contribution < -0.4 is 10.6 Å². The summed E-state index contributed by atoms with van der Waals surface area (Å²) in [5, 5.41) is 17.0. The molecule has 1 saturated heterocycles. The summed E-state index contributed by atoms with van der Waals surface area (Å²) < 4.78 is 0. The molecule has 2 aromatic rings. The van der Waals surface area contributed by atoms with Gasteiger partial charge in [0.05, 0.1) is 17.4 Å². The first kappa shape index (κ1) is 26.6. The fraction of sp³-hybridized carbons (Fsp3) is 0.621. The number of rotatable bonds is 9. The zero-order valence-corrected chi connectivity index (χ0v) is 22.5. The average molecular weight is 493 g/mol. The Morgan fingerprint density at radius 2 is 1.81 bits per heavy atom. The van der Waals surface area contributed by atoms with Crippen LogP contribution in [0.3, 0.4) is 0 Å². The number of nitrogens with zero attached hydrogens (tertiary/aromatic N) is 4. The van der Waals surface area contributed by atoms with E-state index in [0.717, 1.165) is 87.1 Å². The van der Waals surface area contributed by atoms with Gasteiger partial charge in [-0.15, -0.1) is 0 Å². The molecule has 7 nitrogen and oxygen atoms in total. The smallest absolute Gasteiger partial charge is 0.224 e. The number of pyridine rings is 1. The summed E-state index contributed by atoms with van der Waals surface area (Å²) in [6.07, 6.45) is 13.9. The predicted octanol–water partition coefficient (Wildman–Crippen LogP) is 5.74. The zero-order valence-electron chi connectivity index (χ0n) is 22.5. The van der Waals surface area contributed by atoms with Gasteiger partial charge < -0.3 is 20.6 Å². The van der Waals surface area contributed by atoms with E-state index in [1.807, 2.05) is 12.4 Å². The fourth-order valence-electron chi connectivity index (χ4n) is 5.25. The minimum Gasteiger partial charge on any atom is -0.393 e. The molecule has 0 aromatic carbocycles. The van der Waals surface area contributed by atoms with Crippen LogP contribution in [0.4, 0.5) is 11.8 Å². The highest BCUT2D eigenvalue weighted by Crippen LogP contribution is 2.30. The van der Waals surface area contributed by atoms with Crippen molar-refractivity contribution in [2.45, 2.75) is 103 Å². The van der Waals surface area contributed by atoms with Crippen molar-refractivity contribution < 1.29 is 5.11 Å². The molecule has 7 heteroatoms. The van der Waals surface area contributed by atoms with Crippen molar-refractivity contribution in [2.75, 3.05) is 23.7 Å². The van der Waals surface area contributed by atoms with Crippen molar-refractivity contribution in [2.24, 2.45) is 0 Å². The summed E-state index contributed by atoms with van der Waals surface area (Å²) in [5.41, 5.74) is 4.44. The van der Waals surface area contributed by atoms with Gasteiger partial charge in [-0.1, -0.05) is 31.1 Å². The van der Waals surface area contributed by atoms with Gasteiger partial charge in [-0.3, -0.25) is 4.98 Å². The van der Waals surface area contributed by atoms with Gasteiger partial charge >= 0.3 is 0 Å². The van der Waals surface area contributed by atoms with Crippen LogP contribution in [0.2, 0.25) is 0 Å². The van der Waals surface area contributed by atoms with E-state index in [9.17, 15) is 5.11 Å². The van der Waals surface area contributed by atoms with Crippen LogP contribution in [0.1, 0.15) is 84.6 Å². The SMILES string of the molecule is CCC[C@H](C)Nc1ncc(-c2ccc(C=C3CCN(C(C)C)CC3)cn2)c(NC2CCC(O)CC2)n1. The summed E-state index contributed by atoms with van der Waals surface area (Å²) in [4.78, 5) is 16.8. The maximum atomic E-state index is 9.92. The molecule has 2 aliphatic rings. The van der Waals surface area contributed by atoms with Crippen LogP contribution in [-0.2, 0) is 0 Å². The quantitative estimate of drug-likeness (QED) is 0.411. The summed E-state index contributed by atoms with van der Waals surface area (Å²) in [6, 6.07) is 5.46. The van der Waals surface area contributed by atoms with Gasteiger partial charge in [0.25, 0.3) is 0 Å². The minimum atomic E-state index is -0.180. The number of hydrogen-bond acceptors (Lipinski definition) is 7. The first-order chi connectivity index (χ1) is 17.4. The summed E-state index contributed by atoms with van der Waals surface area (Å²) in [7, 11) is 0. The topological polar surface area (TPSA) is 86.2 Å². The van der Waals surface area contributed by atoms with Gasteiger partial charge in [0, 0.05) is 43.6 Å². The molecule has 1 saturated carbocycles. The molecule has 2 aromatic heterocycles. The second-order valence-electron chi connectivity index (χ2n) is 10.8. The maximum Gasteiger partial charge on any atom is 0.224 e. The molecule has 0 unspecified atom stereocenters. The molecule has 0 amide bonds. The van der Waals surface area contributed by atoms with Gasteiger partial charge in [0.1, 0.15) is 5.82 Å². The van der Waals surface area contributed by atoms with Crippen LogP contribution in [-0.4, -0.2) is 62.3 Å². The van der Waals surface area contributed by atoms with Crippen LogP contribution in [0.25, 0.3) is 17.3 Å². The normalized spacial score (nSPS) is 21.9. The predicted molar refractivity (Wildman–Crippen MR) is 149 cm³/mol. The number of aliphatic hydroxyl groups is 1. The minimum absolute atomic E-state index is 0.180. The van der Waals surface area contributed by atoms with E-state index in [1.54, 1.807) is 0 Å². The summed E-state index contributed by atoms with van der Waals surface area (Å²) in [5.74, 6) is 1.46. The fourth-order valence-corrected chi connectivity index (χ4v) is 5.25. The van der Waals surface area contributed by atoms with E-state index >= 15 is 0 Å². The van der Waals surface area contributed by atoms with Gasteiger partial charge in [-0.2, -0.15) is 4.98 Å². The molecule has 0 spiro atoms. The number of likely N-dealkylation sites (tertiary alicyclic amines) is 1. The maximum absolute atomic E-state index is 9.92. The first-order valence-corrected chi connectivity index (χ1v) is 13.9. The second kappa shape index (κ2) is 12.6. The Morgan fingerprint density at radius 1 is 1.06 bits per heavy atom. The first-order valence-electron chi connectivity index (χ1n) is 13.9. The highest BCUT2D eigenvalue weighted by Gasteiger charge is 2.22. The van der Waals surface area contributed by atoms with Gasteiger partial charge in [-0.05, 0) is 77.3 Å². The lowest BCUT2D eigenvalue weighted by molar-refractivity contribution is 0.126. The lowest BCUT2D eigenvalue weighted by Gasteiger charge is -2.31. The highest BCUT2D eigenvalue weighted by atomic mass is 16.3. The molecule has 3 N–H and O–H groups in total. The molecule has 1 aliphatic carbocycles. The van der Waals surface area contributed by atoms with Crippen molar-refractivity contribution >= 4 is 17.8 Å². The Morgan fingerprint density at radius 3 is 2.44 bits per heavy atom. The van der Waals surface area contributed by atoms with E-state index in [0.29, 0.717) is 24.1 Å². The van der Waals surface area contributed by atoms with Crippen LogP contribution in [0.15, 0.2) is 30.1 Å². The largest absolute Gasteiger partial charge is 0.393 e. The third-order valence-corrected chi connectivity index (χ3v) is 7.53. The Bertz CT molecular complexity index is 987. The number of nitrogens with one attached hydrogen (secondary N) is 2. The van der Waals surface area contributed by atoms with E-state index in [2.05, 4.69) is 66.4 Å². The van der Waals surface area contributed by atoms with E-state index < -0.39 is 0 Å². The van der Waals surface area contributed by atoms with E-state index in [-0.39, 0.29) is 6.10 Å². The highest BCUT2D eigenvalue weighted by molar-refractivity contribution is 5.73. The van der Waals surface area contributed by atoms with Crippen molar-refractivity contribution in [3.63, 3.8) is 0 Å². The molecule has 0 radical (unpaired) electrons. The Balaban J connectivity index is 1.51. The van der Waals surface area contributed by atoms with Gasteiger partial charge in [0.2, 0.25) is 5.95 Å². The molecule has 36 heavy (non-hydrogen) atoms.